The van der Waals surface area contributed by atoms with Crippen LogP contribution in [0, 0.1) is 5.21 Å². The number of nitrogens with zero attached hydrogens (tertiary/aromatic N) is 2. The Bertz CT molecular complexity index is 1610. The van der Waals surface area contributed by atoms with Gasteiger partial charge in [0.1, 0.15) is 13.2 Å². The van der Waals surface area contributed by atoms with E-state index in [0.717, 1.165) is 36.3 Å². The van der Waals surface area contributed by atoms with E-state index in [1.807, 2.05) is 12.1 Å². The molecular formula is C34H42N2O8S2. The number of benzene rings is 2. The molecule has 10 nitrogen and oxygen atoms in total. The lowest BCUT2D eigenvalue weighted by molar-refractivity contribution is -0.832. The summed E-state index contributed by atoms with van der Waals surface area (Å²) < 4.78 is 46.3. The molecule has 0 bridgehead atoms. The van der Waals surface area contributed by atoms with Gasteiger partial charge in [-0.1, -0.05) is 65.3 Å². The summed E-state index contributed by atoms with van der Waals surface area (Å²) >= 11 is 1.58. The standard InChI is InChI=1S/C34H42N2O8S2/c1-26(2)12-10-13-27(3)14-11-15-28(4)20-25-45-31-19-9-8-18-30(31)34(37)43-24-22-41-21-23-42-32-33(36(38)44-35-32)46(39,40)29-16-6-5-7-17-29/h5-9,12,14,16-20H,10-11,13,15,21-25H2,1-4H3/b27-14+,28-20+. The second kappa shape index (κ2) is 18.9. The molecule has 12 heteroatoms. The number of allylic oxidation sites excluding steroid dienone is 5. The van der Waals surface area contributed by atoms with Crippen molar-refractivity contribution in [2.24, 2.45) is 0 Å². The van der Waals surface area contributed by atoms with Crippen molar-refractivity contribution >= 4 is 27.6 Å². The van der Waals surface area contributed by atoms with Crippen LogP contribution in [0.1, 0.15) is 63.7 Å². The normalized spacial score (nSPS) is 12.2. The lowest BCUT2D eigenvalue weighted by Gasteiger charge is -2.09. The van der Waals surface area contributed by atoms with E-state index < -0.39 is 26.7 Å². The minimum Gasteiger partial charge on any atom is -0.460 e. The summed E-state index contributed by atoms with van der Waals surface area (Å²) in [5.41, 5.74) is 4.57. The number of aromatic nitrogens is 2. The van der Waals surface area contributed by atoms with Crippen molar-refractivity contribution in [3.8, 4) is 5.88 Å². The smallest absolute Gasteiger partial charge is 0.415 e. The zero-order chi connectivity index (χ0) is 33.4. The average molecular weight is 671 g/mol. The fraction of sp³-hybridized carbons (Fsp3) is 0.382. The third-order valence-corrected chi connectivity index (χ3v) is 9.41. The maximum atomic E-state index is 12.8. The molecule has 46 heavy (non-hydrogen) atoms. The molecule has 0 aliphatic heterocycles. The van der Waals surface area contributed by atoms with Gasteiger partial charge in [0.15, 0.2) is 0 Å². The molecule has 0 aliphatic rings. The van der Waals surface area contributed by atoms with Gasteiger partial charge in [0, 0.05) is 10.6 Å². The highest BCUT2D eigenvalue weighted by atomic mass is 32.2. The van der Waals surface area contributed by atoms with Gasteiger partial charge >= 0.3 is 16.9 Å². The van der Waals surface area contributed by atoms with Gasteiger partial charge in [0.05, 0.1) is 28.8 Å². The van der Waals surface area contributed by atoms with Crippen molar-refractivity contribution < 1.29 is 37.0 Å². The van der Waals surface area contributed by atoms with Gasteiger partial charge in [-0.2, -0.15) is 0 Å². The maximum absolute atomic E-state index is 12.8. The Hall–Kier alpha value is -3.87. The zero-order valence-corrected chi connectivity index (χ0v) is 28.4. The van der Waals surface area contributed by atoms with Crippen molar-refractivity contribution in [1.29, 1.82) is 0 Å². The Morgan fingerprint density at radius 3 is 2.28 bits per heavy atom. The van der Waals surface area contributed by atoms with E-state index in [-0.39, 0.29) is 36.2 Å². The Kier molecular flexibility index (Phi) is 15.1. The van der Waals surface area contributed by atoms with Gasteiger partial charge in [-0.25, -0.2) is 13.2 Å². The largest absolute Gasteiger partial charge is 0.460 e. The number of hydrogen-bond acceptors (Lipinski definition) is 10. The van der Waals surface area contributed by atoms with E-state index in [2.05, 4.69) is 55.7 Å². The molecule has 1 aromatic heterocycles. The Morgan fingerprint density at radius 2 is 1.54 bits per heavy atom. The first-order valence-electron chi connectivity index (χ1n) is 15.0. The third kappa shape index (κ3) is 11.8. The lowest BCUT2D eigenvalue weighted by atomic mass is 10.1. The van der Waals surface area contributed by atoms with Crippen LogP contribution in [-0.2, 0) is 19.3 Å². The summed E-state index contributed by atoms with van der Waals surface area (Å²) in [4.78, 5) is 13.3. The van der Waals surface area contributed by atoms with Crippen LogP contribution in [0.25, 0.3) is 0 Å². The summed E-state index contributed by atoms with van der Waals surface area (Å²) in [6.45, 7) is 8.58. The topological polar surface area (TPSA) is 132 Å². The molecule has 1 heterocycles. The quantitative estimate of drug-likeness (QED) is 0.0436. The van der Waals surface area contributed by atoms with Gasteiger partial charge in [-0.3, -0.25) is 4.63 Å². The highest BCUT2D eigenvalue weighted by Crippen LogP contribution is 2.26. The molecule has 0 aliphatic carbocycles. The van der Waals surface area contributed by atoms with Crippen LogP contribution < -0.4 is 9.64 Å². The molecule has 0 radical (unpaired) electrons. The monoisotopic (exact) mass is 670 g/mol. The SMILES string of the molecule is CC(C)=CCC/C(C)=C/CC/C(C)=C/CSc1ccccc1C(=O)OCCOCCOc1no[n+]([O-])c1S(=O)(=O)c1ccccc1. The molecule has 0 amide bonds. The number of carbonyl (C=O) groups is 1. The van der Waals surface area contributed by atoms with Crippen molar-refractivity contribution in [3.05, 3.63) is 100 Å². The Labute approximate surface area is 275 Å². The second-order valence-corrected chi connectivity index (χ2v) is 13.6. The number of thioether (sulfide) groups is 1. The summed E-state index contributed by atoms with van der Waals surface area (Å²) in [7, 11) is -4.21. The fourth-order valence-electron chi connectivity index (χ4n) is 4.18. The minimum absolute atomic E-state index is 0.0102. The zero-order valence-electron chi connectivity index (χ0n) is 26.8. The molecule has 0 saturated carbocycles. The summed E-state index contributed by atoms with van der Waals surface area (Å²) in [6, 6.07) is 14.7. The molecule has 0 N–H and O–H groups in total. The van der Waals surface area contributed by atoms with Gasteiger partial charge in [-0.15, -0.1) is 11.8 Å². The number of carbonyl (C=O) groups excluding carboxylic acids is 1. The van der Waals surface area contributed by atoms with Crippen LogP contribution in [0.15, 0.2) is 109 Å². The molecule has 3 aromatic rings. The molecule has 0 atom stereocenters. The summed E-state index contributed by atoms with van der Waals surface area (Å²) in [5, 5.41) is 14.6. The molecule has 0 spiro atoms. The maximum Gasteiger partial charge on any atom is 0.415 e. The van der Waals surface area contributed by atoms with Crippen LogP contribution in [0.5, 0.6) is 5.88 Å². The van der Waals surface area contributed by atoms with E-state index >= 15 is 0 Å². The highest BCUT2D eigenvalue weighted by Gasteiger charge is 2.35. The summed E-state index contributed by atoms with van der Waals surface area (Å²) in [6.07, 6.45) is 11.0. The number of sulfone groups is 1. The number of ether oxygens (including phenoxy) is 3. The van der Waals surface area contributed by atoms with Crippen molar-refractivity contribution in [2.75, 3.05) is 32.2 Å². The Balaban J connectivity index is 1.38. The molecular weight excluding hydrogens is 629 g/mol. The molecule has 0 saturated heterocycles. The number of rotatable bonds is 19. The molecule has 3 rings (SSSR count). The lowest BCUT2D eigenvalue weighted by Crippen LogP contribution is -2.31. The average Bonchev–Trinajstić information content (AvgIpc) is 3.41. The minimum atomic E-state index is -4.21. The van der Waals surface area contributed by atoms with Crippen LogP contribution in [0.4, 0.5) is 0 Å². The van der Waals surface area contributed by atoms with E-state index in [1.54, 1.807) is 30.0 Å². The van der Waals surface area contributed by atoms with E-state index in [4.69, 9.17) is 14.2 Å². The first kappa shape index (κ1) is 36.6. The van der Waals surface area contributed by atoms with Crippen molar-refractivity contribution in [3.63, 3.8) is 0 Å². The summed E-state index contributed by atoms with van der Waals surface area (Å²) in [5.74, 6) is -0.171. The van der Waals surface area contributed by atoms with Gasteiger partial charge in [0.2, 0.25) is 0 Å². The molecule has 2 aromatic carbocycles. The molecule has 248 valence electrons. The first-order chi connectivity index (χ1) is 22.1. The highest BCUT2D eigenvalue weighted by molar-refractivity contribution is 7.99. The van der Waals surface area contributed by atoms with E-state index in [0.29, 0.717) is 5.56 Å². The third-order valence-electron chi connectivity index (χ3n) is 6.68. The molecule has 0 fully saturated rings. The first-order valence-corrected chi connectivity index (χ1v) is 17.5. The van der Waals surface area contributed by atoms with Gasteiger partial charge in [-0.05, 0) is 82.5 Å². The predicted molar refractivity (Wildman–Crippen MR) is 177 cm³/mol. The predicted octanol–water partition coefficient (Wildman–Crippen LogP) is 6.90. The fourth-order valence-corrected chi connectivity index (χ4v) is 6.51. The van der Waals surface area contributed by atoms with Crippen molar-refractivity contribution in [1.82, 2.24) is 5.16 Å². The number of esters is 1. The van der Waals surface area contributed by atoms with Crippen LogP contribution >= 0.6 is 11.8 Å². The second-order valence-electron chi connectivity index (χ2n) is 10.7. The van der Waals surface area contributed by atoms with E-state index in [1.165, 1.54) is 41.0 Å². The van der Waals surface area contributed by atoms with Gasteiger partial charge < -0.3 is 19.4 Å². The number of hydrogen-bond donors (Lipinski definition) is 0. The van der Waals surface area contributed by atoms with Crippen LogP contribution in [0.2, 0.25) is 0 Å². The van der Waals surface area contributed by atoms with E-state index in [9.17, 15) is 18.4 Å². The molecule has 0 unspecified atom stereocenters. The van der Waals surface area contributed by atoms with Gasteiger partial charge in [0.25, 0.3) is 9.84 Å². The Morgan fingerprint density at radius 1 is 0.891 bits per heavy atom. The van der Waals surface area contributed by atoms with Crippen molar-refractivity contribution in [2.45, 2.75) is 68.2 Å². The van der Waals surface area contributed by atoms with Crippen LogP contribution in [-0.4, -0.2) is 51.7 Å². The van der Waals surface area contributed by atoms with Crippen LogP contribution in [0.3, 0.4) is 0 Å².